The highest BCUT2D eigenvalue weighted by Crippen LogP contribution is 2.33. The minimum absolute atomic E-state index is 0.0393. The third-order valence-corrected chi connectivity index (χ3v) is 5.75. The second-order valence-corrected chi connectivity index (χ2v) is 8.25. The van der Waals surface area contributed by atoms with Gasteiger partial charge in [-0.15, -0.1) is 10.2 Å². The quantitative estimate of drug-likeness (QED) is 0.636. The first-order valence-electron chi connectivity index (χ1n) is 10.9. The van der Waals surface area contributed by atoms with Gasteiger partial charge in [-0.1, -0.05) is 12.8 Å². The van der Waals surface area contributed by atoms with Crippen LogP contribution in [-0.2, 0) is 6.18 Å². The molecule has 0 atom stereocenters. The first-order valence-corrected chi connectivity index (χ1v) is 10.9. The number of amides is 2. The maximum atomic E-state index is 13.3. The van der Waals surface area contributed by atoms with E-state index in [0.717, 1.165) is 18.6 Å². The molecule has 1 aromatic carbocycles. The lowest BCUT2D eigenvalue weighted by atomic mass is 10.0. The van der Waals surface area contributed by atoms with E-state index in [1.165, 1.54) is 23.8 Å². The zero-order valence-corrected chi connectivity index (χ0v) is 18.1. The minimum Gasteiger partial charge on any atom is -0.390 e. The molecule has 182 valence electrons. The van der Waals surface area contributed by atoms with E-state index in [1.54, 1.807) is 6.07 Å². The molecule has 4 rings (SSSR count). The fourth-order valence-electron chi connectivity index (χ4n) is 3.70. The molecule has 2 fully saturated rings. The van der Waals surface area contributed by atoms with Gasteiger partial charge >= 0.3 is 12.3 Å². The molecular formula is C22H23F4N5O3. The lowest BCUT2D eigenvalue weighted by Crippen LogP contribution is -2.49. The molecule has 0 spiro atoms. The molecular weight excluding hydrogens is 458 g/mol. The Bertz CT molecular complexity index is 1040. The van der Waals surface area contributed by atoms with Crippen LogP contribution in [0.2, 0.25) is 0 Å². The third-order valence-electron chi connectivity index (χ3n) is 5.75. The van der Waals surface area contributed by atoms with Crippen molar-refractivity contribution in [2.45, 2.75) is 25.4 Å². The molecule has 8 nitrogen and oxygen atoms in total. The van der Waals surface area contributed by atoms with Crippen molar-refractivity contribution in [1.29, 1.82) is 0 Å². The van der Waals surface area contributed by atoms with Crippen LogP contribution >= 0.6 is 0 Å². The zero-order chi connectivity index (χ0) is 24.3. The van der Waals surface area contributed by atoms with Gasteiger partial charge in [-0.2, -0.15) is 13.2 Å². The van der Waals surface area contributed by atoms with Gasteiger partial charge < -0.3 is 19.9 Å². The molecule has 1 aliphatic carbocycles. The summed E-state index contributed by atoms with van der Waals surface area (Å²) in [5, 5.41) is 10.6. The maximum Gasteiger partial charge on any atom is 0.417 e. The van der Waals surface area contributed by atoms with E-state index >= 15 is 0 Å². The average molecular weight is 481 g/mol. The number of benzene rings is 1. The summed E-state index contributed by atoms with van der Waals surface area (Å²) in [6, 6.07) is 5.13. The normalized spacial score (nSPS) is 16.4. The Kier molecular flexibility index (Phi) is 6.85. The molecule has 2 heterocycles. The van der Waals surface area contributed by atoms with Crippen LogP contribution in [0.5, 0.6) is 5.88 Å². The standard InChI is InChI=1S/C22H23F4N5O3/c23-15-3-4-16(17(13-15)22(24,25)26)20(32)31-11-9-30(10-12-31)18-5-6-19(29-28-18)34-21(33)27-8-7-14-1-2-14/h3-6,13-14H,1-2,7-12H2,(H,27,33). The van der Waals surface area contributed by atoms with E-state index in [1.807, 2.05) is 4.90 Å². The van der Waals surface area contributed by atoms with Crippen LogP contribution in [0, 0.1) is 11.7 Å². The number of aromatic nitrogens is 2. The molecule has 1 saturated carbocycles. The molecule has 34 heavy (non-hydrogen) atoms. The van der Waals surface area contributed by atoms with Crippen molar-refractivity contribution >= 4 is 17.8 Å². The van der Waals surface area contributed by atoms with Crippen molar-refractivity contribution in [3.05, 3.63) is 47.3 Å². The monoisotopic (exact) mass is 481 g/mol. The molecule has 0 radical (unpaired) electrons. The smallest absolute Gasteiger partial charge is 0.390 e. The van der Waals surface area contributed by atoms with Gasteiger partial charge in [0.05, 0.1) is 11.1 Å². The van der Waals surface area contributed by atoms with Crippen LogP contribution in [0.15, 0.2) is 30.3 Å². The Hall–Kier alpha value is -3.44. The summed E-state index contributed by atoms with van der Waals surface area (Å²) in [6.07, 6.45) is -2.12. The van der Waals surface area contributed by atoms with Gasteiger partial charge in [0.25, 0.3) is 5.91 Å². The summed E-state index contributed by atoms with van der Waals surface area (Å²) >= 11 is 0. The van der Waals surface area contributed by atoms with Gasteiger partial charge in [0.2, 0.25) is 5.88 Å². The van der Waals surface area contributed by atoms with Gasteiger partial charge in [0.15, 0.2) is 5.82 Å². The van der Waals surface area contributed by atoms with Crippen molar-refractivity contribution in [2.75, 3.05) is 37.6 Å². The molecule has 1 saturated heterocycles. The second-order valence-electron chi connectivity index (χ2n) is 8.25. The molecule has 2 amide bonds. The highest BCUT2D eigenvalue weighted by molar-refractivity contribution is 5.96. The number of piperazine rings is 1. The summed E-state index contributed by atoms with van der Waals surface area (Å²) in [7, 11) is 0. The number of nitrogens with one attached hydrogen (secondary N) is 1. The van der Waals surface area contributed by atoms with Crippen LogP contribution in [0.4, 0.5) is 28.2 Å². The van der Waals surface area contributed by atoms with Crippen molar-refractivity contribution in [1.82, 2.24) is 20.4 Å². The summed E-state index contributed by atoms with van der Waals surface area (Å²) < 4.78 is 58.2. The van der Waals surface area contributed by atoms with Crippen molar-refractivity contribution < 1.29 is 31.9 Å². The molecule has 2 aromatic rings. The van der Waals surface area contributed by atoms with Crippen molar-refractivity contribution in [2.24, 2.45) is 5.92 Å². The predicted octanol–water partition coefficient (Wildman–Crippen LogP) is 3.49. The predicted molar refractivity (Wildman–Crippen MR) is 113 cm³/mol. The average Bonchev–Trinajstić information content (AvgIpc) is 3.63. The Morgan fingerprint density at radius 3 is 2.41 bits per heavy atom. The molecule has 0 unspecified atom stereocenters. The number of halogens is 4. The number of alkyl halides is 3. The summed E-state index contributed by atoms with van der Waals surface area (Å²) in [4.78, 5) is 27.6. The molecule has 12 heteroatoms. The van der Waals surface area contributed by atoms with Crippen LogP contribution in [-0.4, -0.2) is 59.8 Å². The molecule has 1 aromatic heterocycles. The van der Waals surface area contributed by atoms with Gasteiger partial charge in [-0.25, -0.2) is 9.18 Å². The zero-order valence-electron chi connectivity index (χ0n) is 18.1. The SMILES string of the molecule is O=C(NCCC1CC1)Oc1ccc(N2CCN(C(=O)c3ccc(F)cc3C(F)(F)F)CC2)nn1. The van der Waals surface area contributed by atoms with Crippen molar-refractivity contribution in [3.8, 4) is 5.88 Å². The lowest BCUT2D eigenvalue weighted by Gasteiger charge is -2.35. The fraction of sp³-hybridized carbons (Fsp3) is 0.455. The number of nitrogens with zero attached hydrogens (tertiary/aromatic N) is 4. The topological polar surface area (TPSA) is 87.7 Å². The van der Waals surface area contributed by atoms with Crippen LogP contribution in [0.25, 0.3) is 0 Å². The van der Waals surface area contributed by atoms with Gasteiger partial charge in [0, 0.05) is 38.8 Å². The lowest BCUT2D eigenvalue weighted by molar-refractivity contribution is -0.138. The van der Waals surface area contributed by atoms with Crippen LogP contribution in [0.1, 0.15) is 35.2 Å². The largest absolute Gasteiger partial charge is 0.417 e. The van der Waals surface area contributed by atoms with Crippen molar-refractivity contribution in [3.63, 3.8) is 0 Å². The van der Waals surface area contributed by atoms with Crippen LogP contribution < -0.4 is 15.0 Å². The van der Waals surface area contributed by atoms with Gasteiger partial charge in [-0.3, -0.25) is 4.79 Å². The number of hydrogen-bond donors (Lipinski definition) is 1. The molecule has 1 N–H and O–H groups in total. The number of rotatable bonds is 6. The minimum atomic E-state index is -4.84. The van der Waals surface area contributed by atoms with E-state index in [9.17, 15) is 27.2 Å². The van der Waals surface area contributed by atoms with E-state index in [2.05, 4.69) is 15.5 Å². The number of hydrogen-bond acceptors (Lipinski definition) is 6. The number of carbonyl (C=O) groups excluding carboxylic acids is 2. The van der Waals surface area contributed by atoms with E-state index in [-0.39, 0.29) is 19.0 Å². The van der Waals surface area contributed by atoms with Crippen LogP contribution in [0.3, 0.4) is 0 Å². The Morgan fingerprint density at radius 2 is 1.79 bits per heavy atom. The Balaban J connectivity index is 1.30. The number of ether oxygens (including phenoxy) is 1. The highest BCUT2D eigenvalue weighted by Gasteiger charge is 2.37. The number of carbonyl (C=O) groups is 2. The molecule has 2 aliphatic rings. The summed E-state index contributed by atoms with van der Waals surface area (Å²) in [5.41, 5.74) is -1.88. The number of anilines is 1. The van der Waals surface area contributed by atoms with E-state index in [0.29, 0.717) is 37.4 Å². The highest BCUT2D eigenvalue weighted by atomic mass is 19.4. The van der Waals surface area contributed by atoms with Gasteiger partial charge in [0.1, 0.15) is 5.82 Å². The maximum absolute atomic E-state index is 13.3. The third kappa shape index (κ3) is 5.91. The first kappa shape index (κ1) is 23.7. The fourth-order valence-corrected chi connectivity index (χ4v) is 3.70. The van der Waals surface area contributed by atoms with Gasteiger partial charge in [-0.05, 0) is 36.6 Å². The summed E-state index contributed by atoms with van der Waals surface area (Å²) in [5.74, 6) is -0.661. The Labute approximate surface area is 192 Å². The second kappa shape index (κ2) is 9.82. The summed E-state index contributed by atoms with van der Waals surface area (Å²) in [6.45, 7) is 1.46. The van der Waals surface area contributed by atoms with E-state index < -0.39 is 35.1 Å². The first-order chi connectivity index (χ1) is 16.2. The van der Waals surface area contributed by atoms with E-state index in [4.69, 9.17) is 4.74 Å². The molecule has 0 bridgehead atoms. The molecule has 1 aliphatic heterocycles. The Morgan fingerprint density at radius 1 is 1.06 bits per heavy atom.